The van der Waals surface area contributed by atoms with E-state index in [9.17, 15) is 4.79 Å². The van der Waals surface area contributed by atoms with Crippen molar-refractivity contribution < 1.29 is 4.79 Å². The normalized spacial score (nSPS) is 23.4. The second kappa shape index (κ2) is 6.19. The molecule has 2 atom stereocenters. The molecule has 2 rings (SSSR count). The number of pyridine rings is 1. The van der Waals surface area contributed by atoms with Crippen molar-refractivity contribution in [3.63, 3.8) is 0 Å². The minimum Gasteiger partial charge on any atom is -0.349 e. The number of hydrogen-bond donors (Lipinski definition) is 3. The molecule has 0 aromatic carbocycles. The van der Waals surface area contributed by atoms with E-state index in [0.717, 1.165) is 25.2 Å². The Hall–Kier alpha value is -1.66. The molecule has 0 saturated carbocycles. The minimum absolute atomic E-state index is 0.0617. The third kappa shape index (κ3) is 3.46. The lowest BCUT2D eigenvalue weighted by molar-refractivity contribution is 0.0883. The first-order valence-electron chi connectivity index (χ1n) is 6.94. The summed E-state index contributed by atoms with van der Waals surface area (Å²) in [6.45, 7) is 6.04. The summed E-state index contributed by atoms with van der Waals surface area (Å²) < 4.78 is 0. The molecule has 1 saturated heterocycles. The highest BCUT2D eigenvalue weighted by Gasteiger charge is 2.25. The number of aromatic nitrogens is 1. The van der Waals surface area contributed by atoms with Crippen LogP contribution < -0.4 is 16.6 Å². The van der Waals surface area contributed by atoms with Crippen molar-refractivity contribution in [1.29, 1.82) is 0 Å². The fraction of sp³-hybridized carbons (Fsp3) is 0.571. The first-order valence-corrected chi connectivity index (χ1v) is 6.94. The lowest BCUT2D eigenvalue weighted by Crippen LogP contribution is -2.48. The van der Waals surface area contributed by atoms with E-state index in [2.05, 4.69) is 34.6 Å². The summed E-state index contributed by atoms with van der Waals surface area (Å²) in [6, 6.07) is 3.67. The first-order chi connectivity index (χ1) is 9.49. The molecule has 0 spiro atoms. The largest absolute Gasteiger partial charge is 0.349 e. The van der Waals surface area contributed by atoms with Gasteiger partial charge in [-0.25, -0.2) is 10.8 Å². The zero-order chi connectivity index (χ0) is 14.7. The molecule has 110 valence electrons. The van der Waals surface area contributed by atoms with Gasteiger partial charge in [0.1, 0.15) is 5.82 Å². The molecule has 4 N–H and O–H groups in total. The van der Waals surface area contributed by atoms with Crippen molar-refractivity contribution in [2.45, 2.75) is 26.3 Å². The molecule has 1 fully saturated rings. The lowest BCUT2D eigenvalue weighted by Gasteiger charge is -2.35. The number of piperidine rings is 1. The summed E-state index contributed by atoms with van der Waals surface area (Å²) >= 11 is 0. The Morgan fingerprint density at radius 2 is 2.25 bits per heavy atom. The predicted octanol–water partition coefficient (Wildman–Crippen LogP) is 0.746. The van der Waals surface area contributed by atoms with E-state index in [4.69, 9.17) is 5.84 Å². The van der Waals surface area contributed by atoms with Crippen molar-refractivity contribution >= 4 is 11.7 Å². The van der Waals surface area contributed by atoms with Crippen LogP contribution in [-0.2, 0) is 0 Å². The van der Waals surface area contributed by atoms with Gasteiger partial charge in [0.05, 0.1) is 0 Å². The third-order valence-corrected chi connectivity index (χ3v) is 3.79. The van der Waals surface area contributed by atoms with Gasteiger partial charge < -0.3 is 15.6 Å². The summed E-state index contributed by atoms with van der Waals surface area (Å²) in [5.74, 6) is 6.26. The molecule has 1 aromatic rings. The SMILES string of the molecule is Cc1cc(C(=O)NC2CCN(C)CC2C)cc(NN)n1. The van der Waals surface area contributed by atoms with Gasteiger partial charge in [-0.15, -0.1) is 0 Å². The van der Waals surface area contributed by atoms with Crippen LogP contribution in [0.1, 0.15) is 29.4 Å². The maximum atomic E-state index is 12.3. The number of likely N-dealkylation sites (tertiary alicyclic amines) is 1. The second-order valence-corrected chi connectivity index (χ2v) is 5.63. The number of anilines is 1. The van der Waals surface area contributed by atoms with Gasteiger partial charge >= 0.3 is 0 Å². The van der Waals surface area contributed by atoms with Gasteiger partial charge in [-0.2, -0.15) is 0 Å². The van der Waals surface area contributed by atoms with Crippen LogP contribution in [0.2, 0.25) is 0 Å². The number of carbonyl (C=O) groups excluding carboxylic acids is 1. The highest BCUT2D eigenvalue weighted by atomic mass is 16.1. The number of hydrazine groups is 1. The summed E-state index contributed by atoms with van der Waals surface area (Å²) in [5, 5.41) is 3.12. The minimum atomic E-state index is -0.0617. The van der Waals surface area contributed by atoms with Crippen molar-refractivity contribution in [3.05, 3.63) is 23.4 Å². The van der Waals surface area contributed by atoms with Gasteiger partial charge in [0.2, 0.25) is 0 Å². The average molecular weight is 277 g/mol. The van der Waals surface area contributed by atoms with Crippen molar-refractivity contribution in [2.75, 3.05) is 25.6 Å². The van der Waals surface area contributed by atoms with Crippen LogP contribution in [-0.4, -0.2) is 42.0 Å². The van der Waals surface area contributed by atoms with Gasteiger partial charge in [-0.3, -0.25) is 4.79 Å². The summed E-state index contributed by atoms with van der Waals surface area (Å²) in [7, 11) is 2.11. The Kier molecular flexibility index (Phi) is 4.57. The molecule has 1 aliphatic rings. The van der Waals surface area contributed by atoms with E-state index in [0.29, 0.717) is 17.3 Å². The van der Waals surface area contributed by atoms with Crippen LogP contribution in [0.25, 0.3) is 0 Å². The fourth-order valence-corrected chi connectivity index (χ4v) is 2.69. The van der Waals surface area contributed by atoms with Gasteiger partial charge in [0.25, 0.3) is 5.91 Å². The van der Waals surface area contributed by atoms with Crippen LogP contribution in [0.5, 0.6) is 0 Å². The van der Waals surface area contributed by atoms with E-state index < -0.39 is 0 Å². The Morgan fingerprint density at radius 1 is 1.50 bits per heavy atom. The molecule has 2 heterocycles. The monoisotopic (exact) mass is 277 g/mol. The Morgan fingerprint density at radius 3 is 2.90 bits per heavy atom. The molecule has 1 aromatic heterocycles. The average Bonchev–Trinajstić information content (AvgIpc) is 2.41. The molecular formula is C14H23N5O. The number of nitrogen functional groups attached to an aromatic ring is 1. The van der Waals surface area contributed by atoms with Crippen molar-refractivity contribution in [2.24, 2.45) is 11.8 Å². The van der Waals surface area contributed by atoms with E-state index >= 15 is 0 Å². The van der Waals surface area contributed by atoms with Crippen molar-refractivity contribution in [1.82, 2.24) is 15.2 Å². The lowest BCUT2D eigenvalue weighted by atomic mass is 9.94. The molecule has 20 heavy (non-hydrogen) atoms. The zero-order valence-electron chi connectivity index (χ0n) is 12.3. The number of aryl methyl sites for hydroxylation is 1. The topological polar surface area (TPSA) is 83.3 Å². The summed E-state index contributed by atoms with van der Waals surface area (Å²) in [5.41, 5.74) is 3.84. The molecule has 6 nitrogen and oxygen atoms in total. The quantitative estimate of drug-likeness (QED) is 0.561. The maximum Gasteiger partial charge on any atom is 0.251 e. The standard InChI is InChI=1S/C14H23N5O/c1-9-8-19(3)5-4-12(9)17-14(20)11-6-10(2)16-13(7-11)18-15/h6-7,9,12H,4-5,8,15H2,1-3H3,(H,16,18)(H,17,20). The van der Waals surface area contributed by atoms with Crippen LogP contribution in [0, 0.1) is 12.8 Å². The number of nitrogens with one attached hydrogen (secondary N) is 2. The maximum absolute atomic E-state index is 12.3. The van der Waals surface area contributed by atoms with Crippen LogP contribution in [0.4, 0.5) is 5.82 Å². The van der Waals surface area contributed by atoms with Crippen molar-refractivity contribution in [3.8, 4) is 0 Å². The molecule has 2 unspecified atom stereocenters. The number of nitrogens with two attached hydrogens (primary N) is 1. The third-order valence-electron chi connectivity index (χ3n) is 3.79. The van der Waals surface area contributed by atoms with E-state index in [-0.39, 0.29) is 11.9 Å². The van der Waals surface area contributed by atoms with E-state index in [1.807, 2.05) is 6.92 Å². The molecular weight excluding hydrogens is 254 g/mol. The Bertz CT molecular complexity index is 490. The molecule has 0 bridgehead atoms. The number of hydrogen-bond acceptors (Lipinski definition) is 5. The van der Waals surface area contributed by atoms with Gasteiger partial charge in [-0.1, -0.05) is 6.92 Å². The fourth-order valence-electron chi connectivity index (χ4n) is 2.69. The predicted molar refractivity (Wildman–Crippen MR) is 79.3 cm³/mol. The molecule has 1 aliphatic heterocycles. The van der Waals surface area contributed by atoms with Gasteiger partial charge in [-0.05, 0) is 45.0 Å². The van der Waals surface area contributed by atoms with Gasteiger partial charge in [0, 0.05) is 23.8 Å². The zero-order valence-corrected chi connectivity index (χ0v) is 12.3. The Labute approximate surface area is 119 Å². The van der Waals surface area contributed by atoms with Gasteiger partial charge in [0.15, 0.2) is 0 Å². The van der Waals surface area contributed by atoms with Crippen LogP contribution >= 0.6 is 0 Å². The molecule has 0 aliphatic carbocycles. The van der Waals surface area contributed by atoms with E-state index in [1.165, 1.54) is 0 Å². The summed E-state index contributed by atoms with van der Waals surface area (Å²) in [4.78, 5) is 18.8. The smallest absolute Gasteiger partial charge is 0.251 e. The second-order valence-electron chi connectivity index (χ2n) is 5.63. The summed E-state index contributed by atoms with van der Waals surface area (Å²) in [6.07, 6.45) is 0.982. The first kappa shape index (κ1) is 14.7. The highest BCUT2D eigenvalue weighted by Crippen LogP contribution is 2.16. The number of carbonyl (C=O) groups is 1. The number of nitrogens with zero attached hydrogens (tertiary/aromatic N) is 2. The number of amides is 1. The van der Waals surface area contributed by atoms with E-state index in [1.54, 1.807) is 12.1 Å². The number of rotatable bonds is 3. The highest BCUT2D eigenvalue weighted by molar-refractivity contribution is 5.95. The Balaban J connectivity index is 2.06. The molecule has 6 heteroatoms. The molecule has 1 amide bonds. The molecule has 0 radical (unpaired) electrons. The van der Waals surface area contributed by atoms with Crippen LogP contribution in [0.15, 0.2) is 12.1 Å². The van der Waals surface area contributed by atoms with Crippen LogP contribution in [0.3, 0.4) is 0 Å².